The molecule has 0 aliphatic rings. The normalized spacial score (nSPS) is 14.5. The van der Waals surface area contributed by atoms with E-state index < -0.39 is 31.4 Å². The first-order valence-corrected chi connectivity index (χ1v) is 12.1. The lowest BCUT2D eigenvalue weighted by Crippen LogP contribution is -2.26. The van der Waals surface area contributed by atoms with Crippen molar-refractivity contribution in [1.29, 1.82) is 0 Å². The van der Waals surface area contributed by atoms with E-state index in [1.807, 2.05) is 6.92 Å². The molecule has 2 unspecified atom stereocenters. The quantitative estimate of drug-likeness (QED) is 0.245. The van der Waals surface area contributed by atoms with Crippen LogP contribution >= 0.6 is 7.60 Å². The Morgan fingerprint density at radius 1 is 1.21 bits per heavy atom. The van der Waals surface area contributed by atoms with Crippen molar-refractivity contribution in [3.8, 4) is 5.75 Å². The van der Waals surface area contributed by atoms with Crippen molar-refractivity contribution in [2.45, 2.75) is 46.8 Å². The van der Waals surface area contributed by atoms with Crippen molar-refractivity contribution in [2.75, 3.05) is 12.1 Å². The van der Waals surface area contributed by atoms with Crippen LogP contribution in [0.15, 0.2) is 43.0 Å². The van der Waals surface area contributed by atoms with Gasteiger partial charge in [0.2, 0.25) is 0 Å². The summed E-state index contributed by atoms with van der Waals surface area (Å²) in [6.07, 6.45) is 2.54. The molecule has 0 aliphatic heterocycles. The predicted octanol–water partition coefficient (Wildman–Crippen LogP) is 3.95. The van der Waals surface area contributed by atoms with Crippen molar-refractivity contribution in [3.05, 3.63) is 43.0 Å². The molecule has 11 nitrogen and oxygen atoms in total. The van der Waals surface area contributed by atoms with Gasteiger partial charge in [0.05, 0.1) is 24.4 Å². The highest BCUT2D eigenvalue weighted by atomic mass is 31.2. The van der Waals surface area contributed by atoms with E-state index in [-0.39, 0.29) is 11.6 Å². The minimum absolute atomic E-state index is 0.276. The molecule has 1 aromatic carbocycles. The summed E-state index contributed by atoms with van der Waals surface area (Å²) in [4.78, 5) is 29.5. The number of ether oxygens (including phenoxy) is 1. The van der Waals surface area contributed by atoms with Crippen molar-refractivity contribution in [1.82, 2.24) is 19.5 Å². The highest BCUT2D eigenvalue weighted by Gasteiger charge is 2.35. The number of carbonyl (C=O) groups excluding carboxylic acids is 1. The third kappa shape index (κ3) is 6.28. The highest BCUT2D eigenvalue weighted by Crippen LogP contribution is 2.49. The maximum atomic E-state index is 13.4. The monoisotopic (exact) mass is 477 g/mol. The van der Waals surface area contributed by atoms with Gasteiger partial charge in [-0.2, -0.15) is 0 Å². The van der Waals surface area contributed by atoms with Gasteiger partial charge in [0.25, 0.3) is 0 Å². The first-order chi connectivity index (χ1) is 15.6. The summed E-state index contributed by atoms with van der Waals surface area (Å²) in [6, 6.07) is 8.44. The molecule has 0 radical (unpaired) electrons. The van der Waals surface area contributed by atoms with E-state index in [1.165, 1.54) is 6.33 Å². The summed E-state index contributed by atoms with van der Waals surface area (Å²) in [5, 5.41) is 0. The van der Waals surface area contributed by atoms with E-state index in [9.17, 15) is 9.36 Å². The number of nitrogens with two attached hydrogens (primary N) is 1. The van der Waals surface area contributed by atoms with E-state index in [0.717, 1.165) is 0 Å². The SMILES string of the molecule is CCC(C)(C)C(=O)OOP(=O)(COC(C)Cn1cnc2c(N)ncnc21)Oc1ccccc1. The van der Waals surface area contributed by atoms with Gasteiger partial charge in [0, 0.05) is 0 Å². The molecule has 0 fully saturated rings. The minimum atomic E-state index is -4.01. The molecule has 2 aromatic heterocycles. The number of imidazole rings is 1. The predicted molar refractivity (Wildman–Crippen MR) is 121 cm³/mol. The van der Waals surface area contributed by atoms with Gasteiger partial charge in [-0.25, -0.2) is 24.3 Å². The summed E-state index contributed by atoms with van der Waals surface area (Å²) >= 11 is 0. The average molecular weight is 477 g/mol. The molecule has 0 aliphatic carbocycles. The number of aromatic nitrogens is 4. The second-order valence-corrected chi connectivity index (χ2v) is 9.94. The molecular weight excluding hydrogens is 449 g/mol. The van der Waals surface area contributed by atoms with E-state index in [4.69, 9.17) is 24.6 Å². The lowest BCUT2D eigenvalue weighted by atomic mass is 9.91. The minimum Gasteiger partial charge on any atom is -0.421 e. The molecule has 0 spiro atoms. The standard InChI is InChI=1S/C21H28N5O6P/c1-5-21(3,4)20(27)30-32-33(28,31-16-9-7-6-8-10-16)14-29-15(2)11-26-13-25-17-18(22)23-12-24-19(17)26/h6-10,12-13,15H,5,11,14H2,1-4H3,(H2,22,23,24). The van der Waals surface area contributed by atoms with Gasteiger partial charge in [0.1, 0.15) is 17.6 Å². The van der Waals surface area contributed by atoms with Crippen molar-refractivity contribution >= 4 is 30.5 Å². The molecule has 2 heterocycles. The van der Waals surface area contributed by atoms with Crippen LogP contribution < -0.4 is 10.3 Å². The molecule has 2 atom stereocenters. The van der Waals surface area contributed by atoms with Crippen LogP contribution in [-0.4, -0.2) is 37.9 Å². The van der Waals surface area contributed by atoms with E-state index in [2.05, 4.69) is 15.0 Å². The Morgan fingerprint density at radius 3 is 2.64 bits per heavy atom. The average Bonchev–Trinajstić information content (AvgIpc) is 3.21. The zero-order chi connectivity index (χ0) is 24.1. The summed E-state index contributed by atoms with van der Waals surface area (Å²) in [5.74, 6) is -0.0916. The Bertz CT molecular complexity index is 1140. The summed E-state index contributed by atoms with van der Waals surface area (Å²) in [6.45, 7) is 7.35. The Morgan fingerprint density at radius 2 is 1.94 bits per heavy atom. The molecular formula is C21H28N5O6P. The molecule has 2 N–H and O–H groups in total. The lowest BCUT2D eigenvalue weighted by Gasteiger charge is -2.23. The van der Waals surface area contributed by atoms with Crippen LogP contribution in [0.3, 0.4) is 0 Å². The van der Waals surface area contributed by atoms with Gasteiger partial charge in [-0.05, 0) is 39.3 Å². The fourth-order valence-electron chi connectivity index (χ4n) is 2.63. The summed E-state index contributed by atoms with van der Waals surface area (Å²) < 4.78 is 31.5. The number of carbonyl (C=O) groups is 1. The Hall–Kier alpha value is -3.01. The first kappa shape index (κ1) is 24.6. The number of para-hydroxylation sites is 1. The molecule has 0 bridgehead atoms. The van der Waals surface area contributed by atoms with Crippen LogP contribution in [0.2, 0.25) is 0 Å². The van der Waals surface area contributed by atoms with Crippen LogP contribution in [0.4, 0.5) is 5.82 Å². The smallest absolute Gasteiger partial charge is 0.421 e. The Kier molecular flexibility index (Phi) is 7.68. The van der Waals surface area contributed by atoms with Crippen LogP contribution in [0.25, 0.3) is 11.2 Å². The van der Waals surface area contributed by atoms with Crippen molar-refractivity contribution in [3.63, 3.8) is 0 Å². The summed E-state index contributed by atoms with van der Waals surface area (Å²) in [7, 11) is -4.01. The molecule has 0 saturated heterocycles. The van der Waals surface area contributed by atoms with Gasteiger partial charge < -0.3 is 19.6 Å². The number of fused-ring (bicyclic) bond motifs is 1. The number of hydrogen-bond donors (Lipinski definition) is 1. The third-order valence-corrected chi connectivity index (χ3v) is 6.31. The fraction of sp³-hybridized carbons (Fsp3) is 0.429. The van der Waals surface area contributed by atoms with Crippen LogP contribution in [0.5, 0.6) is 5.75 Å². The largest absolute Gasteiger partial charge is 0.441 e. The number of benzene rings is 1. The third-order valence-electron chi connectivity index (χ3n) is 5.05. The fourth-order valence-corrected chi connectivity index (χ4v) is 3.82. The Labute approximate surface area is 191 Å². The van der Waals surface area contributed by atoms with E-state index >= 15 is 0 Å². The second kappa shape index (κ2) is 10.3. The second-order valence-electron chi connectivity index (χ2n) is 8.13. The zero-order valence-electron chi connectivity index (χ0n) is 19.0. The van der Waals surface area contributed by atoms with Gasteiger partial charge in [-0.15, -0.1) is 0 Å². The summed E-state index contributed by atoms with van der Waals surface area (Å²) in [5.41, 5.74) is 6.04. The number of nitrogen functional groups attached to an aromatic ring is 1. The number of anilines is 1. The maximum Gasteiger partial charge on any atom is 0.441 e. The number of hydrogen-bond acceptors (Lipinski definition) is 10. The topological polar surface area (TPSA) is 141 Å². The van der Waals surface area contributed by atoms with Crippen molar-refractivity contribution < 1.29 is 28.2 Å². The van der Waals surface area contributed by atoms with Gasteiger partial charge in [-0.1, -0.05) is 29.8 Å². The Balaban J connectivity index is 1.68. The van der Waals surface area contributed by atoms with Crippen LogP contribution in [-0.2, 0) is 30.2 Å². The van der Waals surface area contributed by atoms with Crippen molar-refractivity contribution in [2.24, 2.45) is 5.41 Å². The lowest BCUT2D eigenvalue weighted by molar-refractivity contribution is -0.228. The molecule has 12 heteroatoms. The zero-order valence-corrected chi connectivity index (χ0v) is 19.9. The van der Waals surface area contributed by atoms with Gasteiger partial charge in [0.15, 0.2) is 17.8 Å². The number of nitrogens with zero attached hydrogens (tertiary/aromatic N) is 4. The molecule has 3 aromatic rings. The molecule has 33 heavy (non-hydrogen) atoms. The first-order valence-electron chi connectivity index (χ1n) is 10.4. The molecule has 178 valence electrons. The van der Waals surface area contributed by atoms with Gasteiger partial charge >= 0.3 is 13.6 Å². The number of rotatable bonds is 11. The van der Waals surface area contributed by atoms with Crippen LogP contribution in [0, 0.1) is 5.41 Å². The van der Waals surface area contributed by atoms with E-state index in [1.54, 1.807) is 62.0 Å². The van der Waals surface area contributed by atoms with Gasteiger partial charge in [-0.3, -0.25) is 4.89 Å². The van der Waals surface area contributed by atoms with Crippen LogP contribution in [0.1, 0.15) is 34.1 Å². The molecule has 0 amide bonds. The maximum absolute atomic E-state index is 13.4. The highest BCUT2D eigenvalue weighted by molar-refractivity contribution is 7.53. The van der Waals surface area contributed by atoms with E-state index in [0.29, 0.717) is 24.1 Å². The molecule has 0 saturated carbocycles. The molecule has 3 rings (SSSR count).